The second-order valence-electron chi connectivity index (χ2n) is 6.24. The van der Waals surface area contributed by atoms with Crippen molar-refractivity contribution < 1.29 is 23.7 Å². The highest BCUT2D eigenvalue weighted by Gasteiger charge is 2.44. The predicted octanol–water partition coefficient (Wildman–Crippen LogP) is 2.24. The molecule has 1 spiro atoms. The topological polar surface area (TPSA) is 54.0 Å². The Morgan fingerprint density at radius 1 is 1.26 bits per heavy atom. The van der Waals surface area contributed by atoms with Crippen LogP contribution in [0.25, 0.3) is 0 Å². The highest BCUT2D eigenvalue weighted by Crippen LogP contribution is 2.33. The van der Waals surface area contributed by atoms with Crippen LogP contribution in [0.3, 0.4) is 0 Å². The van der Waals surface area contributed by atoms with Gasteiger partial charge in [-0.15, -0.1) is 0 Å². The van der Waals surface area contributed by atoms with Gasteiger partial charge < -0.3 is 18.9 Å². The highest BCUT2D eigenvalue weighted by molar-refractivity contribution is 5.75. The molecule has 0 N–H and O–H groups in total. The molecule has 2 saturated heterocycles. The van der Waals surface area contributed by atoms with Crippen LogP contribution in [-0.4, -0.2) is 37.9 Å². The maximum atomic E-state index is 11.7. The number of carbonyl (C=O) groups is 1. The molecule has 110 valence electrons. The van der Waals surface area contributed by atoms with Crippen LogP contribution in [0.2, 0.25) is 0 Å². The number of carbonyl (C=O) groups excluding carboxylic acids is 1. The largest absolute Gasteiger partial charge is 0.462 e. The molecule has 0 saturated carbocycles. The third kappa shape index (κ3) is 3.91. The van der Waals surface area contributed by atoms with E-state index in [1.807, 2.05) is 20.8 Å². The SMILES string of the molecule is CC(C)(C)C(=O)OCC1COC2(CCCCCO2)O1. The number of hydrogen-bond donors (Lipinski definition) is 0. The Kier molecular flexibility index (Phi) is 4.48. The van der Waals surface area contributed by atoms with Crippen molar-refractivity contribution in [3.63, 3.8) is 0 Å². The zero-order valence-corrected chi connectivity index (χ0v) is 12.1. The second kappa shape index (κ2) is 5.77. The van der Waals surface area contributed by atoms with Crippen molar-refractivity contribution in [2.24, 2.45) is 5.41 Å². The van der Waals surface area contributed by atoms with Crippen molar-refractivity contribution in [1.29, 1.82) is 0 Å². The normalized spacial score (nSPS) is 32.3. The molecule has 2 fully saturated rings. The van der Waals surface area contributed by atoms with Crippen LogP contribution < -0.4 is 0 Å². The van der Waals surface area contributed by atoms with E-state index in [2.05, 4.69) is 0 Å². The molecule has 2 heterocycles. The van der Waals surface area contributed by atoms with E-state index < -0.39 is 11.4 Å². The van der Waals surface area contributed by atoms with Gasteiger partial charge in [0, 0.05) is 6.42 Å². The minimum atomic E-state index is -0.894. The van der Waals surface area contributed by atoms with Crippen LogP contribution in [0.5, 0.6) is 0 Å². The van der Waals surface area contributed by atoms with Gasteiger partial charge in [-0.3, -0.25) is 4.79 Å². The molecule has 2 rings (SSSR count). The summed E-state index contributed by atoms with van der Waals surface area (Å²) in [7, 11) is 0. The molecule has 2 unspecified atom stereocenters. The maximum absolute atomic E-state index is 11.7. The van der Waals surface area contributed by atoms with E-state index in [-0.39, 0.29) is 18.7 Å². The molecule has 2 aliphatic heterocycles. The molecule has 0 aromatic rings. The van der Waals surface area contributed by atoms with E-state index >= 15 is 0 Å². The Morgan fingerprint density at radius 2 is 2.05 bits per heavy atom. The lowest BCUT2D eigenvalue weighted by Crippen LogP contribution is -2.35. The van der Waals surface area contributed by atoms with E-state index in [0.29, 0.717) is 13.2 Å². The lowest BCUT2D eigenvalue weighted by Gasteiger charge is -2.26. The number of hydrogen-bond acceptors (Lipinski definition) is 5. The van der Waals surface area contributed by atoms with Crippen LogP contribution in [0, 0.1) is 5.41 Å². The molecule has 2 aliphatic rings. The Bertz CT molecular complexity index is 312. The van der Waals surface area contributed by atoms with Crippen LogP contribution >= 0.6 is 0 Å². The lowest BCUT2D eigenvalue weighted by molar-refractivity contribution is -0.337. The summed E-state index contributed by atoms with van der Waals surface area (Å²) in [6.45, 7) is 6.79. The first-order valence-corrected chi connectivity index (χ1v) is 7.04. The van der Waals surface area contributed by atoms with Crippen molar-refractivity contribution in [2.75, 3.05) is 19.8 Å². The van der Waals surface area contributed by atoms with Gasteiger partial charge in [-0.05, 0) is 33.6 Å². The average Bonchev–Trinajstić information content (AvgIpc) is 2.58. The van der Waals surface area contributed by atoms with Gasteiger partial charge in [-0.25, -0.2) is 0 Å². The molecular weight excluding hydrogens is 248 g/mol. The Labute approximate surface area is 114 Å². The predicted molar refractivity (Wildman–Crippen MR) is 68.4 cm³/mol. The van der Waals surface area contributed by atoms with Gasteiger partial charge in [-0.1, -0.05) is 6.42 Å². The van der Waals surface area contributed by atoms with E-state index in [1.165, 1.54) is 0 Å². The minimum absolute atomic E-state index is 0.223. The van der Waals surface area contributed by atoms with E-state index in [0.717, 1.165) is 25.7 Å². The molecule has 19 heavy (non-hydrogen) atoms. The van der Waals surface area contributed by atoms with Crippen LogP contribution in [0.15, 0.2) is 0 Å². The maximum Gasteiger partial charge on any atom is 0.311 e. The van der Waals surface area contributed by atoms with E-state index in [9.17, 15) is 4.79 Å². The molecular formula is C14H24O5. The molecule has 0 aromatic heterocycles. The summed E-state index contributed by atoms with van der Waals surface area (Å²) in [6, 6.07) is 0. The van der Waals surface area contributed by atoms with Crippen LogP contribution in [-0.2, 0) is 23.7 Å². The summed E-state index contributed by atoms with van der Waals surface area (Å²) in [5.74, 6) is -1.12. The van der Waals surface area contributed by atoms with Crippen LogP contribution in [0.4, 0.5) is 0 Å². The van der Waals surface area contributed by atoms with Crippen molar-refractivity contribution in [1.82, 2.24) is 0 Å². The minimum Gasteiger partial charge on any atom is -0.462 e. The standard InChI is InChI=1S/C14H24O5/c1-13(2,3)12(15)16-9-11-10-18-14(19-11)7-5-4-6-8-17-14/h11H,4-10H2,1-3H3. The van der Waals surface area contributed by atoms with E-state index in [1.54, 1.807) is 0 Å². The fourth-order valence-electron chi connectivity index (χ4n) is 2.14. The number of ether oxygens (including phenoxy) is 4. The van der Waals surface area contributed by atoms with Gasteiger partial charge >= 0.3 is 5.97 Å². The molecule has 0 amide bonds. The van der Waals surface area contributed by atoms with Gasteiger partial charge in [0.05, 0.1) is 18.6 Å². The van der Waals surface area contributed by atoms with Gasteiger partial charge in [0.2, 0.25) is 0 Å². The summed E-state index contributed by atoms with van der Waals surface area (Å²) >= 11 is 0. The number of esters is 1. The average molecular weight is 272 g/mol. The zero-order valence-electron chi connectivity index (χ0n) is 12.1. The lowest BCUT2D eigenvalue weighted by atomic mass is 9.97. The van der Waals surface area contributed by atoms with Crippen molar-refractivity contribution in [3.8, 4) is 0 Å². The Balaban J connectivity index is 1.80. The molecule has 0 aromatic carbocycles. The number of rotatable bonds is 2. The third-order valence-corrected chi connectivity index (χ3v) is 3.30. The zero-order chi connectivity index (χ0) is 13.9. The van der Waals surface area contributed by atoms with Crippen LogP contribution in [0.1, 0.15) is 46.5 Å². The van der Waals surface area contributed by atoms with Gasteiger partial charge in [0.1, 0.15) is 12.7 Å². The van der Waals surface area contributed by atoms with E-state index in [4.69, 9.17) is 18.9 Å². The van der Waals surface area contributed by atoms with Gasteiger partial charge in [0.15, 0.2) is 0 Å². The highest BCUT2D eigenvalue weighted by atomic mass is 16.9. The Hall–Kier alpha value is -0.650. The van der Waals surface area contributed by atoms with Crippen molar-refractivity contribution >= 4 is 5.97 Å². The van der Waals surface area contributed by atoms with Crippen molar-refractivity contribution in [3.05, 3.63) is 0 Å². The van der Waals surface area contributed by atoms with Gasteiger partial charge in [-0.2, -0.15) is 0 Å². The smallest absolute Gasteiger partial charge is 0.311 e. The first-order chi connectivity index (χ1) is 8.91. The summed E-state index contributed by atoms with van der Waals surface area (Å²) < 4.78 is 22.4. The van der Waals surface area contributed by atoms with Crippen molar-refractivity contribution in [2.45, 2.75) is 58.5 Å². The first kappa shape index (κ1) is 14.8. The summed E-state index contributed by atoms with van der Waals surface area (Å²) in [4.78, 5) is 11.7. The monoisotopic (exact) mass is 272 g/mol. The summed E-state index contributed by atoms with van der Waals surface area (Å²) in [5, 5.41) is 0. The third-order valence-electron chi connectivity index (χ3n) is 3.30. The molecule has 5 nitrogen and oxygen atoms in total. The Morgan fingerprint density at radius 3 is 2.79 bits per heavy atom. The molecule has 0 radical (unpaired) electrons. The summed E-state index contributed by atoms with van der Waals surface area (Å²) in [6.07, 6.45) is 3.73. The fourth-order valence-corrected chi connectivity index (χ4v) is 2.14. The molecule has 5 heteroatoms. The molecule has 2 atom stereocenters. The quantitative estimate of drug-likeness (QED) is 0.722. The van der Waals surface area contributed by atoms with Gasteiger partial charge in [0.25, 0.3) is 5.97 Å². The molecule has 0 aliphatic carbocycles. The second-order valence-corrected chi connectivity index (χ2v) is 6.24. The summed E-state index contributed by atoms with van der Waals surface area (Å²) in [5.41, 5.74) is -0.490. The first-order valence-electron chi connectivity index (χ1n) is 7.04. The molecule has 0 bridgehead atoms. The fraction of sp³-hybridized carbons (Fsp3) is 0.929.